The number of benzene rings is 3. The molecule has 7 nitrogen and oxygen atoms in total. The van der Waals surface area contributed by atoms with Crippen molar-refractivity contribution in [1.82, 2.24) is 14.5 Å². The highest BCUT2D eigenvalue weighted by molar-refractivity contribution is 6.35. The number of rotatable bonds is 4. The van der Waals surface area contributed by atoms with Crippen LogP contribution in [0.5, 0.6) is 0 Å². The van der Waals surface area contributed by atoms with Crippen LogP contribution in [0.2, 0.25) is 5.02 Å². The highest BCUT2D eigenvalue weighted by Crippen LogP contribution is 2.28. The van der Waals surface area contributed by atoms with Crippen LogP contribution in [0.4, 0.5) is 11.8 Å². The van der Waals surface area contributed by atoms with E-state index in [2.05, 4.69) is 21.4 Å². The molecular weight excluding hydrogens is 448 g/mol. The molecule has 3 aromatic carbocycles. The number of fused-ring (bicyclic) bond motifs is 2. The molecule has 2 heterocycles. The quantitative estimate of drug-likeness (QED) is 0.376. The maximum absolute atomic E-state index is 13.8. The molecule has 34 heavy (non-hydrogen) atoms. The van der Waals surface area contributed by atoms with E-state index in [0.717, 1.165) is 16.2 Å². The van der Waals surface area contributed by atoms with E-state index in [4.69, 9.17) is 17.3 Å². The molecule has 0 fully saturated rings. The first kappa shape index (κ1) is 21.4. The summed E-state index contributed by atoms with van der Waals surface area (Å²) in [5.41, 5.74) is 7.15. The van der Waals surface area contributed by atoms with Gasteiger partial charge in [-0.05, 0) is 47.3 Å². The average molecular weight is 467 g/mol. The van der Waals surface area contributed by atoms with Crippen LogP contribution in [0.1, 0.15) is 24.2 Å². The fraction of sp³-hybridized carbons (Fsp3) is 0.0769. The molecule has 3 N–H and O–H groups in total. The number of nitrogens with one attached hydrogen (secondary N) is 1. The van der Waals surface area contributed by atoms with Crippen molar-refractivity contribution >= 4 is 44.9 Å². The minimum absolute atomic E-state index is 0.0471. The highest BCUT2D eigenvalue weighted by Gasteiger charge is 2.19. The molecule has 5 rings (SSSR count). The third-order valence-electron chi connectivity index (χ3n) is 5.74. The summed E-state index contributed by atoms with van der Waals surface area (Å²) in [6.45, 7) is 1.89. The van der Waals surface area contributed by atoms with Crippen molar-refractivity contribution in [1.29, 1.82) is 5.26 Å². The zero-order valence-corrected chi connectivity index (χ0v) is 18.9. The van der Waals surface area contributed by atoms with Gasteiger partial charge in [0.05, 0.1) is 22.6 Å². The normalized spacial score (nSPS) is 11.9. The third-order valence-corrected chi connectivity index (χ3v) is 6.06. The lowest BCUT2D eigenvalue weighted by atomic mass is 10.1. The molecule has 0 bridgehead atoms. The second-order valence-corrected chi connectivity index (χ2v) is 8.32. The Hall–Kier alpha value is -4.41. The molecule has 166 valence electrons. The monoisotopic (exact) mass is 466 g/mol. The minimum atomic E-state index is -0.413. The number of nitrogens with zero attached hydrogens (tertiary/aromatic N) is 4. The van der Waals surface area contributed by atoms with Crippen LogP contribution in [0.3, 0.4) is 0 Å². The van der Waals surface area contributed by atoms with Crippen molar-refractivity contribution < 1.29 is 0 Å². The zero-order valence-electron chi connectivity index (χ0n) is 18.2. The largest absolute Gasteiger partial charge is 0.368 e. The molecule has 0 spiro atoms. The zero-order chi connectivity index (χ0) is 23.8. The summed E-state index contributed by atoms with van der Waals surface area (Å²) in [7, 11) is 0. The van der Waals surface area contributed by atoms with Gasteiger partial charge in [0.2, 0.25) is 5.95 Å². The fourth-order valence-corrected chi connectivity index (χ4v) is 4.37. The topological polar surface area (TPSA) is 110 Å². The molecule has 0 saturated heterocycles. The second-order valence-electron chi connectivity index (χ2n) is 7.91. The second kappa shape index (κ2) is 8.50. The number of hydrogen-bond acceptors (Lipinski definition) is 6. The van der Waals surface area contributed by atoms with Crippen molar-refractivity contribution in [3.05, 3.63) is 99.6 Å². The summed E-state index contributed by atoms with van der Waals surface area (Å²) in [6.07, 6.45) is 1.37. The number of nitrogen functional groups attached to an aromatic ring is 1. The van der Waals surface area contributed by atoms with Gasteiger partial charge in [-0.2, -0.15) is 10.2 Å². The van der Waals surface area contributed by atoms with E-state index in [0.29, 0.717) is 27.6 Å². The van der Waals surface area contributed by atoms with Gasteiger partial charge in [0.25, 0.3) is 5.56 Å². The number of pyridine rings is 1. The lowest BCUT2D eigenvalue weighted by Crippen LogP contribution is -2.26. The van der Waals surface area contributed by atoms with Crippen LogP contribution in [-0.4, -0.2) is 14.5 Å². The first-order valence-corrected chi connectivity index (χ1v) is 11.0. The van der Waals surface area contributed by atoms with Gasteiger partial charge in [0.1, 0.15) is 17.5 Å². The summed E-state index contributed by atoms with van der Waals surface area (Å²) in [5.74, 6) is 0.345. The SMILES string of the molecule is C[C@H](Nc1nc(N)ncc1C#N)c1cc2cccc(Cl)c2c(=O)n1-c1ccc2ccccc2c1. The van der Waals surface area contributed by atoms with E-state index in [-0.39, 0.29) is 17.1 Å². The Balaban J connectivity index is 1.74. The standard InChI is InChI=1S/C26H19ClN6O/c1-15(31-24-19(13-28)14-30-26(29)32-24)22-12-18-7-4-8-21(27)23(18)25(34)33(22)20-10-9-16-5-2-3-6-17(16)11-20/h2-12,14-15H,1H3,(H3,29,30,31,32)/t15-/m0/s1. The molecule has 1 atom stereocenters. The Kier molecular flexibility index (Phi) is 5.36. The molecular formula is C26H19ClN6O. The highest BCUT2D eigenvalue weighted by atomic mass is 35.5. The number of halogens is 1. The molecule has 5 aromatic rings. The summed E-state index contributed by atoms with van der Waals surface area (Å²) in [4.78, 5) is 21.9. The van der Waals surface area contributed by atoms with E-state index >= 15 is 0 Å². The summed E-state index contributed by atoms with van der Waals surface area (Å²) >= 11 is 6.44. The van der Waals surface area contributed by atoms with Crippen LogP contribution in [0.15, 0.2) is 77.7 Å². The van der Waals surface area contributed by atoms with Gasteiger partial charge >= 0.3 is 0 Å². The van der Waals surface area contributed by atoms with Crippen LogP contribution in [0.25, 0.3) is 27.2 Å². The van der Waals surface area contributed by atoms with Crippen molar-refractivity contribution in [3.63, 3.8) is 0 Å². The van der Waals surface area contributed by atoms with Gasteiger partial charge in [-0.25, -0.2) is 4.98 Å². The molecule has 0 aliphatic rings. The molecule has 0 aliphatic heterocycles. The maximum atomic E-state index is 13.8. The van der Waals surface area contributed by atoms with Gasteiger partial charge in [0, 0.05) is 11.4 Å². The number of hydrogen-bond donors (Lipinski definition) is 2. The van der Waals surface area contributed by atoms with E-state index in [1.54, 1.807) is 10.6 Å². The van der Waals surface area contributed by atoms with E-state index in [9.17, 15) is 10.1 Å². The molecule has 0 aliphatic carbocycles. The average Bonchev–Trinajstić information content (AvgIpc) is 2.83. The first-order chi connectivity index (χ1) is 16.5. The van der Waals surface area contributed by atoms with Crippen molar-refractivity contribution in [2.75, 3.05) is 11.1 Å². The first-order valence-electron chi connectivity index (χ1n) is 10.6. The minimum Gasteiger partial charge on any atom is -0.368 e. The summed E-state index contributed by atoms with van der Waals surface area (Å²) in [5, 5.41) is 16.3. The lowest BCUT2D eigenvalue weighted by molar-refractivity contribution is 0.773. The molecule has 2 aromatic heterocycles. The Morgan fingerprint density at radius 1 is 1.06 bits per heavy atom. The molecule has 0 radical (unpaired) electrons. The summed E-state index contributed by atoms with van der Waals surface area (Å²) < 4.78 is 1.65. The number of aromatic nitrogens is 3. The van der Waals surface area contributed by atoms with E-state index < -0.39 is 6.04 Å². The Morgan fingerprint density at radius 2 is 1.82 bits per heavy atom. The molecule has 8 heteroatoms. The van der Waals surface area contributed by atoms with E-state index in [1.807, 2.05) is 67.6 Å². The van der Waals surface area contributed by atoms with E-state index in [1.165, 1.54) is 6.20 Å². The number of nitrogens with two attached hydrogens (primary N) is 1. The lowest BCUT2D eigenvalue weighted by Gasteiger charge is -2.22. The van der Waals surface area contributed by atoms with Crippen molar-refractivity contribution in [2.45, 2.75) is 13.0 Å². The van der Waals surface area contributed by atoms with Crippen LogP contribution in [0, 0.1) is 11.3 Å². The number of nitriles is 1. The van der Waals surface area contributed by atoms with Crippen molar-refractivity contribution in [2.24, 2.45) is 0 Å². The van der Waals surface area contributed by atoms with Gasteiger partial charge in [-0.3, -0.25) is 9.36 Å². The molecule has 0 saturated carbocycles. The van der Waals surface area contributed by atoms with Crippen LogP contribution in [-0.2, 0) is 0 Å². The van der Waals surface area contributed by atoms with Crippen molar-refractivity contribution in [3.8, 4) is 11.8 Å². The maximum Gasteiger partial charge on any atom is 0.264 e. The van der Waals surface area contributed by atoms with Gasteiger partial charge in [-0.1, -0.05) is 54.1 Å². The predicted octanol–water partition coefficient (Wildman–Crippen LogP) is 5.21. The summed E-state index contributed by atoms with van der Waals surface area (Å²) in [6, 6.07) is 22.8. The molecule has 0 amide bonds. The van der Waals surface area contributed by atoms with Gasteiger partial charge in [0.15, 0.2) is 0 Å². The van der Waals surface area contributed by atoms with Gasteiger partial charge < -0.3 is 11.1 Å². The predicted molar refractivity (Wildman–Crippen MR) is 135 cm³/mol. The van der Waals surface area contributed by atoms with Gasteiger partial charge in [-0.15, -0.1) is 0 Å². The van der Waals surface area contributed by atoms with Crippen LogP contribution < -0.4 is 16.6 Å². The molecule has 0 unspecified atom stereocenters. The Bertz CT molecular complexity index is 1670. The fourth-order valence-electron chi connectivity index (χ4n) is 4.11. The third kappa shape index (κ3) is 3.70. The Morgan fingerprint density at radius 3 is 2.62 bits per heavy atom. The smallest absolute Gasteiger partial charge is 0.264 e. The van der Waals surface area contributed by atoms with Crippen LogP contribution >= 0.6 is 11.6 Å². The Labute approximate surface area is 200 Å². The number of anilines is 2.